The second-order valence-electron chi connectivity index (χ2n) is 3.29. The Bertz CT molecular complexity index is 382. The van der Waals surface area contributed by atoms with Crippen LogP contribution in [0.15, 0.2) is 18.2 Å². The van der Waals surface area contributed by atoms with E-state index in [1.54, 1.807) is 6.92 Å². The molecule has 0 saturated carbocycles. The van der Waals surface area contributed by atoms with Crippen LogP contribution >= 0.6 is 0 Å². The molecule has 0 aliphatic rings. The van der Waals surface area contributed by atoms with Crippen molar-refractivity contribution in [3.05, 3.63) is 35.4 Å². The number of halogens is 2. The summed E-state index contributed by atoms with van der Waals surface area (Å²) in [6.07, 6.45) is -0.0566. The predicted molar refractivity (Wildman–Crippen MR) is 54.5 cm³/mol. The minimum absolute atomic E-state index is 0.0566. The molecule has 1 rings (SSSR count). The molecule has 0 unspecified atom stereocenters. The van der Waals surface area contributed by atoms with E-state index in [4.69, 9.17) is 10.5 Å². The highest BCUT2D eigenvalue weighted by atomic mass is 19.2. The van der Waals surface area contributed by atoms with Crippen LogP contribution in [-0.4, -0.2) is 12.6 Å². The first-order valence-electron chi connectivity index (χ1n) is 4.90. The number of hydrogen-bond acceptors (Lipinski definition) is 3. The molecule has 0 aliphatic carbocycles. The summed E-state index contributed by atoms with van der Waals surface area (Å²) in [5.41, 5.74) is 6.02. The number of nitrogens with two attached hydrogens (primary N) is 1. The minimum Gasteiger partial charge on any atom is -0.466 e. The van der Waals surface area contributed by atoms with Crippen LogP contribution in [0.2, 0.25) is 0 Å². The van der Waals surface area contributed by atoms with Crippen LogP contribution in [0.25, 0.3) is 0 Å². The Morgan fingerprint density at radius 1 is 1.44 bits per heavy atom. The Hall–Kier alpha value is -1.49. The van der Waals surface area contributed by atoms with Gasteiger partial charge in [0.15, 0.2) is 11.6 Å². The third-order valence-corrected chi connectivity index (χ3v) is 2.06. The van der Waals surface area contributed by atoms with Crippen LogP contribution in [0.3, 0.4) is 0 Å². The largest absolute Gasteiger partial charge is 0.466 e. The first kappa shape index (κ1) is 12.6. The lowest BCUT2D eigenvalue weighted by Gasteiger charge is -2.11. The predicted octanol–water partition coefficient (Wildman–Crippen LogP) is 1.92. The number of hydrogen-bond donors (Lipinski definition) is 1. The van der Waals surface area contributed by atoms with Crippen LogP contribution in [0.4, 0.5) is 8.78 Å². The third-order valence-electron chi connectivity index (χ3n) is 2.06. The average Bonchev–Trinajstić information content (AvgIpc) is 2.22. The van der Waals surface area contributed by atoms with Gasteiger partial charge in [-0.15, -0.1) is 0 Å². The van der Waals surface area contributed by atoms with Gasteiger partial charge in [-0.3, -0.25) is 4.79 Å². The zero-order valence-corrected chi connectivity index (χ0v) is 8.87. The van der Waals surface area contributed by atoms with Crippen LogP contribution in [0.5, 0.6) is 0 Å². The Labute approximate surface area is 92.2 Å². The van der Waals surface area contributed by atoms with E-state index in [9.17, 15) is 13.6 Å². The van der Waals surface area contributed by atoms with Gasteiger partial charge in [0.05, 0.1) is 13.0 Å². The van der Waals surface area contributed by atoms with Gasteiger partial charge in [0.2, 0.25) is 0 Å². The lowest BCUT2D eigenvalue weighted by Crippen LogP contribution is -2.17. The molecule has 0 spiro atoms. The van der Waals surface area contributed by atoms with E-state index >= 15 is 0 Å². The lowest BCUT2D eigenvalue weighted by molar-refractivity contribution is -0.143. The van der Waals surface area contributed by atoms with Gasteiger partial charge in [0.25, 0.3) is 0 Å². The Kier molecular flexibility index (Phi) is 4.37. The third kappa shape index (κ3) is 3.27. The van der Waals surface area contributed by atoms with E-state index in [0.29, 0.717) is 5.56 Å². The first-order valence-corrected chi connectivity index (χ1v) is 4.90. The van der Waals surface area contributed by atoms with Gasteiger partial charge in [-0.2, -0.15) is 0 Å². The number of benzene rings is 1. The fourth-order valence-corrected chi connectivity index (χ4v) is 1.26. The molecule has 0 bridgehead atoms. The van der Waals surface area contributed by atoms with Crippen molar-refractivity contribution >= 4 is 5.97 Å². The number of rotatable bonds is 4. The highest BCUT2D eigenvalue weighted by molar-refractivity contribution is 5.70. The number of ether oxygens (including phenoxy) is 1. The fraction of sp³-hybridized carbons (Fsp3) is 0.364. The molecule has 16 heavy (non-hydrogen) atoms. The molecular formula is C11H13F2NO2. The molecule has 0 amide bonds. The van der Waals surface area contributed by atoms with Gasteiger partial charge in [0, 0.05) is 6.04 Å². The molecule has 0 fully saturated rings. The standard InChI is InChI=1S/C11H13F2NO2/c1-2-16-11(15)6-10(14)7-3-4-8(12)9(13)5-7/h3-5,10H,2,6,14H2,1H3/t10-/m0/s1. The minimum atomic E-state index is -0.975. The number of carbonyl (C=O) groups excluding carboxylic acids is 1. The zero-order valence-electron chi connectivity index (χ0n) is 8.87. The van der Waals surface area contributed by atoms with Crippen LogP contribution < -0.4 is 5.73 Å². The summed E-state index contributed by atoms with van der Waals surface area (Å²) in [6.45, 7) is 1.95. The molecule has 5 heteroatoms. The topological polar surface area (TPSA) is 52.3 Å². The molecule has 0 radical (unpaired) electrons. The van der Waals surface area contributed by atoms with Gasteiger partial charge in [0.1, 0.15) is 0 Å². The Morgan fingerprint density at radius 2 is 2.12 bits per heavy atom. The average molecular weight is 229 g/mol. The van der Waals surface area contributed by atoms with Crippen LogP contribution in [-0.2, 0) is 9.53 Å². The van der Waals surface area contributed by atoms with E-state index in [-0.39, 0.29) is 13.0 Å². The van der Waals surface area contributed by atoms with E-state index < -0.39 is 23.6 Å². The molecule has 0 aromatic heterocycles. The molecule has 2 N–H and O–H groups in total. The van der Waals surface area contributed by atoms with Crippen molar-refractivity contribution in [3.8, 4) is 0 Å². The van der Waals surface area contributed by atoms with Crippen molar-refractivity contribution in [1.29, 1.82) is 0 Å². The highest BCUT2D eigenvalue weighted by Crippen LogP contribution is 2.17. The molecule has 0 saturated heterocycles. The van der Waals surface area contributed by atoms with Crippen LogP contribution in [0, 0.1) is 11.6 Å². The fourth-order valence-electron chi connectivity index (χ4n) is 1.26. The molecule has 88 valence electrons. The molecule has 0 heterocycles. The van der Waals surface area contributed by atoms with Crippen molar-refractivity contribution in [2.45, 2.75) is 19.4 Å². The SMILES string of the molecule is CCOC(=O)C[C@H](N)c1ccc(F)c(F)c1. The van der Waals surface area contributed by atoms with E-state index in [1.807, 2.05) is 0 Å². The summed E-state index contributed by atoms with van der Waals surface area (Å²) >= 11 is 0. The normalized spacial score (nSPS) is 12.2. The van der Waals surface area contributed by atoms with E-state index in [2.05, 4.69) is 0 Å². The van der Waals surface area contributed by atoms with E-state index in [1.165, 1.54) is 6.07 Å². The summed E-state index contributed by atoms with van der Waals surface area (Å²) in [5.74, 6) is -2.37. The van der Waals surface area contributed by atoms with Gasteiger partial charge in [-0.25, -0.2) is 8.78 Å². The van der Waals surface area contributed by atoms with Crippen molar-refractivity contribution in [2.75, 3.05) is 6.61 Å². The van der Waals surface area contributed by atoms with Gasteiger partial charge >= 0.3 is 5.97 Å². The first-order chi connectivity index (χ1) is 7.54. The van der Waals surface area contributed by atoms with Crippen molar-refractivity contribution in [3.63, 3.8) is 0 Å². The molecular weight excluding hydrogens is 216 g/mol. The van der Waals surface area contributed by atoms with Gasteiger partial charge in [-0.05, 0) is 24.6 Å². The van der Waals surface area contributed by atoms with Crippen LogP contribution in [0.1, 0.15) is 24.9 Å². The lowest BCUT2D eigenvalue weighted by atomic mass is 10.0. The quantitative estimate of drug-likeness (QED) is 0.802. The number of carbonyl (C=O) groups is 1. The molecule has 1 atom stereocenters. The molecule has 0 aliphatic heterocycles. The van der Waals surface area contributed by atoms with E-state index in [0.717, 1.165) is 12.1 Å². The summed E-state index contributed by atoms with van der Waals surface area (Å²) in [7, 11) is 0. The van der Waals surface area contributed by atoms with Gasteiger partial charge in [-0.1, -0.05) is 6.07 Å². The summed E-state index contributed by atoms with van der Waals surface area (Å²) < 4.78 is 30.2. The van der Waals surface area contributed by atoms with Crippen molar-refractivity contribution < 1.29 is 18.3 Å². The zero-order chi connectivity index (χ0) is 12.1. The second-order valence-corrected chi connectivity index (χ2v) is 3.29. The van der Waals surface area contributed by atoms with Crippen molar-refractivity contribution in [2.24, 2.45) is 5.73 Å². The maximum Gasteiger partial charge on any atom is 0.307 e. The van der Waals surface area contributed by atoms with Crippen molar-refractivity contribution in [1.82, 2.24) is 0 Å². The molecule has 3 nitrogen and oxygen atoms in total. The molecule has 1 aromatic rings. The molecule has 1 aromatic carbocycles. The monoisotopic (exact) mass is 229 g/mol. The Balaban J connectivity index is 2.69. The smallest absolute Gasteiger partial charge is 0.307 e. The number of esters is 1. The summed E-state index contributed by atoms with van der Waals surface area (Å²) in [6, 6.07) is 2.63. The maximum absolute atomic E-state index is 12.9. The Morgan fingerprint density at radius 3 is 2.69 bits per heavy atom. The maximum atomic E-state index is 12.9. The summed E-state index contributed by atoms with van der Waals surface area (Å²) in [5, 5.41) is 0. The second kappa shape index (κ2) is 5.55. The summed E-state index contributed by atoms with van der Waals surface area (Å²) in [4.78, 5) is 11.1. The highest BCUT2D eigenvalue weighted by Gasteiger charge is 2.14. The van der Waals surface area contributed by atoms with Gasteiger partial charge < -0.3 is 10.5 Å².